The fraction of sp³-hybridized carbons (Fsp3) is 1.00. The lowest BCUT2D eigenvalue weighted by atomic mass is 9.84. The minimum atomic E-state index is -1.93. The van der Waals surface area contributed by atoms with Gasteiger partial charge in [-0.25, -0.2) is 5.26 Å². The van der Waals surface area contributed by atoms with E-state index >= 15 is 0 Å². The van der Waals surface area contributed by atoms with Crippen LogP contribution in [0.4, 0.5) is 0 Å². The maximum absolute atomic E-state index is 10.0. The van der Waals surface area contributed by atoms with E-state index in [4.69, 9.17) is 9.99 Å². The van der Waals surface area contributed by atoms with Crippen LogP contribution in [0.2, 0.25) is 0 Å². The molecule has 0 aromatic rings. The highest BCUT2D eigenvalue weighted by molar-refractivity contribution is 4.71. The summed E-state index contributed by atoms with van der Waals surface area (Å²) >= 11 is 0. The molecule has 0 heterocycles. The standard InChI is InChI=1S/C13H28O4/c1-10(8-11(2,3)4)9-13(14,17-15)16-12(5,6)7/h10,14-15H,8-9H2,1-7H3. The lowest BCUT2D eigenvalue weighted by molar-refractivity contribution is -0.499. The summed E-state index contributed by atoms with van der Waals surface area (Å²) < 4.78 is 5.34. The molecular formula is C13H28O4. The van der Waals surface area contributed by atoms with Crippen LogP contribution in [0.25, 0.3) is 0 Å². The molecule has 0 amide bonds. The van der Waals surface area contributed by atoms with Crippen LogP contribution in [0, 0.1) is 11.3 Å². The number of ether oxygens (including phenoxy) is 1. The summed E-state index contributed by atoms with van der Waals surface area (Å²) in [6, 6.07) is 0. The zero-order valence-electron chi connectivity index (χ0n) is 12.2. The zero-order valence-corrected chi connectivity index (χ0v) is 12.2. The third-order valence-corrected chi connectivity index (χ3v) is 2.18. The second kappa shape index (κ2) is 5.65. The van der Waals surface area contributed by atoms with Crippen molar-refractivity contribution in [2.24, 2.45) is 11.3 Å². The van der Waals surface area contributed by atoms with Crippen molar-refractivity contribution in [2.75, 3.05) is 0 Å². The molecule has 0 saturated carbocycles. The minimum absolute atomic E-state index is 0.164. The van der Waals surface area contributed by atoms with Crippen LogP contribution in [-0.2, 0) is 9.62 Å². The molecule has 0 saturated heterocycles. The first kappa shape index (κ1) is 16.8. The van der Waals surface area contributed by atoms with Gasteiger partial charge in [0.2, 0.25) is 0 Å². The third kappa shape index (κ3) is 8.55. The van der Waals surface area contributed by atoms with Gasteiger partial charge in [-0.1, -0.05) is 27.7 Å². The number of aliphatic hydroxyl groups is 1. The highest BCUT2D eigenvalue weighted by atomic mass is 17.2. The summed E-state index contributed by atoms with van der Waals surface area (Å²) in [6.07, 6.45) is 1.14. The van der Waals surface area contributed by atoms with Gasteiger partial charge >= 0.3 is 5.97 Å². The average molecular weight is 248 g/mol. The SMILES string of the molecule is CC(CC(C)(C)C)CC(O)(OO)OC(C)(C)C. The number of rotatable bonds is 5. The first-order chi connectivity index (χ1) is 7.37. The van der Waals surface area contributed by atoms with E-state index in [2.05, 4.69) is 25.7 Å². The van der Waals surface area contributed by atoms with Crippen LogP contribution in [0.1, 0.15) is 61.3 Å². The predicted octanol–water partition coefficient (Wildman–Crippen LogP) is 3.40. The van der Waals surface area contributed by atoms with Gasteiger partial charge in [-0.05, 0) is 38.5 Å². The molecule has 0 fully saturated rings. The summed E-state index contributed by atoms with van der Waals surface area (Å²) in [4.78, 5) is 4.13. The smallest absolute Gasteiger partial charge is 0.310 e. The molecular weight excluding hydrogens is 220 g/mol. The van der Waals surface area contributed by atoms with Gasteiger partial charge in [0.25, 0.3) is 0 Å². The van der Waals surface area contributed by atoms with Gasteiger partial charge in [0.1, 0.15) is 0 Å². The summed E-state index contributed by atoms with van der Waals surface area (Å²) in [6.45, 7) is 13.8. The topological polar surface area (TPSA) is 58.9 Å². The Balaban J connectivity index is 4.48. The Morgan fingerprint density at radius 1 is 1.00 bits per heavy atom. The summed E-state index contributed by atoms with van der Waals surface area (Å²) in [5, 5.41) is 18.8. The Labute approximate surface area is 105 Å². The molecule has 104 valence electrons. The Kier molecular flexibility index (Phi) is 5.60. The van der Waals surface area contributed by atoms with E-state index < -0.39 is 11.6 Å². The van der Waals surface area contributed by atoms with Crippen molar-refractivity contribution in [1.29, 1.82) is 0 Å². The molecule has 4 heteroatoms. The summed E-state index contributed by atoms with van der Waals surface area (Å²) in [5.41, 5.74) is -0.420. The molecule has 0 bridgehead atoms. The Morgan fingerprint density at radius 2 is 1.47 bits per heavy atom. The monoisotopic (exact) mass is 248 g/mol. The molecule has 0 aromatic heterocycles. The van der Waals surface area contributed by atoms with Gasteiger partial charge < -0.3 is 9.84 Å². The molecule has 0 aliphatic rings. The Morgan fingerprint density at radius 3 is 1.76 bits per heavy atom. The maximum atomic E-state index is 10.0. The normalized spacial score (nSPS) is 18.9. The summed E-state index contributed by atoms with van der Waals surface area (Å²) in [5.74, 6) is -1.75. The van der Waals surface area contributed by atoms with E-state index in [1.807, 2.05) is 6.92 Å². The van der Waals surface area contributed by atoms with Crippen molar-refractivity contribution >= 4 is 0 Å². The molecule has 4 nitrogen and oxygen atoms in total. The molecule has 0 aliphatic heterocycles. The fourth-order valence-corrected chi connectivity index (χ4v) is 2.13. The van der Waals surface area contributed by atoms with Crippen molar-refractivity contribution in [3.63, 3.8) is 0 Å². The molecule has 0 spiro atoms. The highest BCUT2D eigenvalue weighted by Crippen LogP contribution is 2.32. The van der Waals surface area contributed by atoms with E-state index in [1.54, 1.807) is 20.8 Å². The van der Waals surface area contributed by atoms with Gasteiger partial charge in [0, 0.05) is 6.42 Å². The first-order valence-corrected chi connectivity index (χ1v) is 6.12. The van der Waals surface area contributed by atoms with Crippen LogP contribution in [0.3, 0.4) is 0 Å². The second-order valence-electron chi connectivity index (χ2n) is 7.09. The lowest BCUT2D eigenvalue weighted by Crippen LogP contribution is -2.43. The van der Waals surface area contributed by atoms with E-state index in [9.17, 15) is 5.11 Å². The van der Waals surface area contributed by atoms with Gasteiger partial charge in [0.05, 0.1) is 5.60 Å². The molecule has 17 heavy (non-hydrogen) atoms. The molecule has 2 unspecified atom stereocenters. The van der Waals surface area contributed by atoms with Crippen LogP contribution in [0.5, 0.6) is 0 Å². The fourth-order valence-electron chi connectivity index (χ4n) is 2.13. The molecule has 2 N–H and O–H groups in total. The van der Waals surface area contributed by atoms with Crippen molar-refractivity contribution in [3.05, 3.63) is 0 Å². The molecule has 2 atom stereocenters. The van der Waals surface area contributed by atoms with Crippen LogP contribution in [0.15, 0.2) is 0 Å². The van der Waals surface area contributed by atoms with Gasteiger partial charge in [0.15, 0.2) is 0 Å². The van der Waals surface area contributed by atoms with E-state index in [0.29, 0.717) is 0 Å². The van der Waals surface area contributed by atoms with E-state index in [1.165, 1.54) is 0 Å². The number of hydrogen-bond donors (Lipinski definition) is 2. The van der Waals surface area contributed by atoms with Crippen LogP contribution >= 0.6 is 0 Å². The Hall–Kier alpha value is -0.160. The lowest BCUT2D eigenvalue weighted by Gasteiger charge is -2.34. The third-order valence-electron chi connectivity index (χ3n) is 2.18. The molecule has 0 aliphatic carbocycles. The molecule has 0 radical (unpaired) electrons. The molecule has 0 aromatic carbocycles. The maximum Gasteiger partial charge on any atom is 0.310 e. The van der Waals surface area contributed by atoms with E-state index in [0.717, 1.165) is 6.42 Å². The Bertz CT molecular complexity index is 227. The van der Waals surface area contributed by atoms with Crippen molar-refractivity contribution in [3.8, 4) is 0 Å². The minimum Gasteiger partial charge on any atom is -0.341 e. The van der Waals surface area contributed by atoms with E-state index in [-0.39, 0.29) is 17.8 Å². The van der Waals surface area contributed by atoms with Gasteiger partial charge in [-0.15, -0.1) is 0 Å². The highest BCUT2D eigenvalue weighted by Gasteiger charge is 2.37. The van der Waals surface area contributed by atoms with Crippen LogP contribution in [-0.4, -0.2) is 21.9 Å². The predicted molar refractivity (Wildman–Crippen MR) is 67.4 cm³/mol. The second-order valence-corrected chi connectivity index (χ2v) is 7.09. The average Bonchev–Trinajstić information content (AvgIpc) is 1.95. The van der Waals surface area contributed by atoms with Crippen LogP contribution < -0.4 is 0 Å². The van der Waals surface area contributed by atoms with Crippen molar-refractivity contribution in [2.45, 2.75) is 72.9 Å². The zero-order chi connectivity index (χ0) is 13.9. The van der Waals surface area contributed by atoms with Gasteiger partial charge in [-0.3, -0.25) is 0 Å². The molecule has 0 rings (SSSR count). The van der Waals surface area contributed by atoms with Gasteiger partial charge in [-0.2, -0.15) is 4.89 Å². The quantitative estimate of drug-likeness (QED) is 0.445. The van der Waals surface area contributed by atoms with Crippen molar-refractivity contribution < 1.29 is 20.0 Å². The largest absolute Gasteiger partial charge is 0.341 e. The van der Waals surface area contributed by atoms with Crippen molar-refractivity contribution in [1.82, 2.24) is 0 Å². The first-order valence-electron chi connectivity index (χ1n) is 6.12. The summed E-state index contributed by atoms with van der Waals surface area (Å²) in [7, 11) is 0. The number of hydrogen-bond acceptors (Lipinski definition) is 4.